The Balaban J connectivity index is 1.41. The fourth-order valence-electron chi connectivity index (χ4n) is 5.07. The Morgan fingerprint density at radius 3 is 2.85 bits per heavy atom. The van der Waals surface area contributed by atoms with Crippen LogP contribution in [0.5, 0.6) is 0 Å². The first-order chi connectivity index (χ1) is 16.4. The number of nitrogens with zero attached hydrogens (tertiary/aromatic N) is 4. The normalized spacial score (nSPS) is 14.9. The van der Waals surface area contributed by atoms with Crippen LogP contribution in [0.15, 0.2) is 36.5 Å². The summed E-state index contributed by atoms with van der Waals surface area (Å²) >= 11 is 0. The summed E-state index contributed by atoms with van der Waals surface area (Å²) in [6.45, 7) is 10.6. The molecule has 7 heteroatoms. The number of aromatic nitrogens is 5. The summed E-state index contributed by atoms with van der Waals surface area (Å²) in [5, 5.41) is 14.0. The van der Waals surface area contributed by atoms with Crippen molar-refractivity contribution in [1.29, 1.82) is 0 Å². The van der Waals surface area contributed by atoms with E-state index in [1.54, 1.807) is 0 Å². The van der Waals surface area contributed by atoms with Crippen LogP contribution >= 0.6 is 0 Å². The Labute approximate surface area is 200 Å². The van der Waals surface area contributed by atoms with E-state index in [1.165, 1.54) is 17.7 Å². The second kappa shape index (κ2) is 8.78. The summed E-state index contributed by atoms with van der Waals surface area (Å²) in [5.41, 5.74) is 8.14. The number of aromatic amines is 1. The summed E-state index contributed by atoms with van der Waals surface area (Å²) in [6.07, 6.45) is 5.68. The maximum Gasteiger partial charge on any atom is 0.307 e. The van der Waals surface area contributed by atoms with Crippen molar-refractivity contribution in [2.45, 2.75) is 66.5 Å². The van der Waals surface area contributed by atoms with E-state index in [0.717, 1.165) is 52.9 Å². The number of hydrogen-bond donors (Lipinski definition) is 1. The Hall–Kier alpha value is -3.35. The van der Waals surface area contributed by atoms with E-state index in [9.17, 15) is 4.79 Å². The highest BCUT2D eigenvalue weighted by molar-refractivity contribution is 5.85. The van der Waals surface area contributed by atoms with E-state index >= 15 is 0 Å². The number of carbonyl (C=O) groups excluding carboxylic acids is 1. The molecule has 1 aromatic carbocycles. The molecule has 1 N–H and O–H groups in total. The number of aryl methyl sites for hydroxylation is 2. The van der Waals surface area contributed by atoms with Crippen molar-refractivity contribution >= 4 is 16.9 Å². The Kier molecular flexibility index (Phi) is 5.80. The molecule has 0 radical (unpaired) electrons. The molecule has 178 valence electrons. The predicted molar refractivity (Wildman–Crippen MR) is 133 cm³/mol. The van der Waals surface area contributed by atoms with Crippen LogP contribution in [-0.2, 0) is 35.5 Å². The molecular weight excluding hydrogens is 426 g/mol. The van der Waals surface area contributed by atoms with E-state index in [1.807, 2.05) is 13.1 Å². The highest BCUT2D eigenvalue weighted by atomic mass is 16.5. The molecule has 0 aliphatic heterocycles. The lowest BCUT2D eigenvalue weighted by Crippen LogP contribution is -2.24. The van der Waals surface area contributed by atoms with Gasteiger partial charge in [-0.25, -0.2) is 0 Å². The van der Waals surface area contributed by atoms with E-state index < -0.39 is 0 Å². The van der Waals surface area contributed by atoms with Crippen LogP contribution in [0.25, 0.3) is 33.5 Å². The molecule has 5 rings (SSSR count). The average molecular weight is 460 g/mol. The van der Waals surface area contributed by atoms with E-state index in [4.69, 9.17) is 9.84 Å². The first kappa shape index (κ1) is 22.4. The number of benzene rings is 1. The zero-order chi connectivity index (χ0) is 23.9. The van der Waals surface area contributed by atoms with Crippen molar-refractivity contribution in [3.63, 3.8) is 0 Å². The third-order valence-corrected chi connectivity index (χ3v) is 6.93. The monoisotopic (exact) mass is 459 g/mol. The van der Waals surface area contributed by atoms with Gasteiger partial charge >= 0.3 is 5.97 Å². The lowest BCUT2D eigenvalue weighted by atomic mass is 9.76. The Morgan fingerprint density at radius 2 is 2.06 bits per heavy atom. The van der Waals surface area contributed by atoms with Crippen LogP contribution in [0, 0.1) is 5.41 Å². The number of nitrogens with one attached hydrogen (secondary N) is 1. The molecule has 0 saturated heterocycles. The van der Waals surface area contributed by atoms with Crippen molar-refractivity contribution in [2.24, 2.45) is 5.41 Å². The lowest BCUT2D eigenvalue weighted by molar-refractivity contribution is -0.143. The molecule has 0 spiro atoms. The van der Waals surface area contributed by atoms with Gasteiger partial charge in [-0.1, -0.05) is 19.9 Å². The zero-order valence-corrected chi connectivity index (χ0v) is 20.5. The molecule has 0 unspecified atom stereocenters. The molecule has 0 amide bonds. The van der Waals surface area contributed by atoms with Gasteiger partial charge in [-0.3, -0.25) is 14.6 Å². The van der Waals surface area contributed by atoms with Crippen molar-refractivity contribution < 1.29 is 9.53 Å². The van der Waals surface area contributed by atoms with Gasteiger partial charge in [0.25, 0.3) is 0 Å². The van der Waals surface area contributed by atoms with Gasteiger partial charge in [-0.15, -0.1) is 0 Å². The van der Waals surface area contributed by atoms with Gasteiger partial charge in [0.15, 0.2) is 0 Å². The van der Waals surface area contributed by atoms with Crippen LogP contribution in [0.2, 0.25) is 0 Å². The molecule has 7 nitrogen and oxygen atoms in total. The second-order valence-corrected chi connectivity index (χ2v) is 9.94. The summed E-state index contributed by atoms with van der Waals surface area (Å²) in [4.78, 5) is 11.7. The topological polar surface area (TPSA) is 77.7 Å². The van der Waals surface area contributed by atoms with Crippen molar-refractivity contribution in [3.05, 3.63) is 47.8 Å². The quantitative estimate of drug-likeness (QED) is 0.376. The van der Waals surface area contributed by atoms with Crippen molar-refractivity contribution in [2.75, 3.05) is 6.61 Å². The molecule has 1 aliphatic carbocycles. The van der Waals surface area contributed by atoms with Crippen LogP contribution in [0.1, 0.15) is 51.8 Å². The number of fused-ring (bicyclic) bond motifs is 2. The number of carbonyl (C=O) groups is 1. The van der Waals surface area contributed by atoms with Gasteiger partial charge in [0.1, 0.15) is 5.69 Å². The lowest BCUT2D eigenvalue weighted by Gasteiger charge is -2.30. The zero-order valence-electron chi connectivity index (χ0n) is 20.5. The first-order valence-corrected chi connectivity index (χ1v) is 12.3. The number of hydrogen-bond acceptors (Lipinski definition) is 4. The minimum atomic E-state index is -0.165. The number of H-pyrrole nitrogens is 1. The van der Waals surface area contributed by atoms with Gasteiger partial charge in [0.2, 0.25) is 0 Å². The van der Waals surface area contributed by atoms with Gasteiger partial charge < -0.3 is 9.30 Å². The Morgan fingerprint density at radius 1 is 1.21 bits per heavy atom. The molecule has 3 aromatic heterocycles. The average Bonchev–Trinajstić information content (AvgIpc) is 3.53. The minimum absolute atomic E-state index is 0.165. The molecular formula is C27H33N5O2. The smallest absolute Gasteiger partial charge is 0.307 e. The van der Waals surface area contributed by atoms with Gasteiger partial charge in [-0.2, -0.15) is 10.2 Å². The fourth-order valence-corrected chi connectivity index (χ4v) is 5.07. The fraction of sp³-hybridized carbons (Fsp3) is 0.444. The molecule has 34 heavy (non-hydrogen) atoms. The summed E-state index contributed by atoms with van der Waals surface area (Å²) < 4.78 is 9.31. The molecule has 4 aromatic rings. The molecule has 0 atom stereocenters. The third-order valence-electron chi connectivity index (χ3n) is 6.93. The summed E-state index contributed by atoms with van der Waals surface area (Å²) in [5.74, 6) is -0.165. The van der Waals surface area contributed by atoms with E-state index in [-0.39, 0.29) is 5.97 Å². The molecule has 0 bridgehead atoms. The molecule has 3 heterocycles. The van der Waals surface area contributed by atoms with Crippen LogP contribution < -0.4 is 0 Å². The maximum absolute atomic E-state index is 11.7. The number of esters is 1. The number of ether oxygens (including phenoxy) is 1. The largest absolute Gasteiger partial charge is 0.466 e. The highest BCUT2D eigenvalue weighted by Gasteiger charge is 2.31. The first-order valence-electron chi connectivity index (χ1n) is 12.3. The van der Waals surface area contributed by atoms with Crippen LogP contribution in [0.4, 0.5) is 0 Å². The van der Waals surface area contributed by atoms with E-state index in [2.05, 4.69) is 70.5 Å². The molecule has 1 aliphatic rings. The molecule has 0 fully saturated rings. The Bertz CT molecular complexity index is 1340. The van der Waals surface area contributed by atoms with Gasteiger partial charge in [-0.05, 0) is 62.8 Å². The standard InChI is InChI=1S/C27H33N5O2/c1-5-32-24-17-27(3,4)12-9-20(24)26(30-32)22-16-21(28-29-22)18-7-8-23-19(15-18)10-13-31(23)14-11-25(33)34-6-2/h7-8,10,13,15-16H,5-6,9,11-12,14,17H2,1-4H3,(H,28,29). The van der Waals surface area contributed by atoms with E-state index in [0.29, 0.717) is 25.0 Å². The van der Waals surface area contributed by atoms with Crippen LogP contribution in [-0.4, -0.2) is 37.1 Å². The maximum atomic E-state index is 11.7. The second-order valence-electron chi connectivity index (χ2n) is 9.94. The van der Waals surface area contributed by atoms with Gasteiger partial charge in [0.05, 0.1) is 24.4 Å². The van der Waals surface area contributed by atoms with Gasteiger partial charge in [0, 0.05) is 47.0 Å². The van der Waals surface area contributed by atoms with Crippen LogP contribution in [0.3, 0.4) is 0 Å². The summed E-state index contributed by atoms with van der Waals surface area (Å²) in [6, 6.07) is 10.5. The molecule has 0 saturated carbocycles. The third kappa shape index (κ3) is 4.15. The van der Waals surface area contributed by atoms with Crippen molar-refractivity contribution in [1.82, 2.24) is 24.5 Å². The SMILES string of the molecule is CCOC(=O)CCn1ccc2cc(-c3cc(-c4nn(CC)c5c4CCC(C)(C)C5)[nH]n3)ccc21. The number of rotatable bonds is 7. The highest BCUT2D eigenvalue weighted by Crippen LogP contribution is 2.39. The summed E-state index contributed by atoms with van der Waals surface area (Å²) in [7, 11) is 0. The minimum Gasteiger partial charge on any atom is -0.466 e. The predicted octanol–water partition coefficient (Wildman–Crippen LogP) is 5.38. The van der Waals surface area contributed by atoms with Crippen molar-refractivity contribution in [3.8, 4) is 22.6 Å².